The second-order valence-electron chi connectivity index (χ2n) is 4.83. The quantitative estimate of drug-likeness (QED) is 0.742. The van der Waals surface area contributed by atoms with Crippen molar-refractivity contribution in [2.75, 3.05) is 12.8 Å². The molecule has 0 aliphatic carbocycles. The lowest BCUT2D eigenvalue weighted by Crippen LogP contribution is -2.01. The van der Waals surface area contributed by atoms with Crippen molar-refractivity contribution in [2.24, 2.45) is 0 Å². The Balaban J connectivity index is 2.00. The van der Waals surface area contributed by atoms with Gasteiger partial charge in [0.2, 0.25) is 0 Å². The van der Waals surface area contributed by atoms with Gasteiger partial charge in [0.25, 0.3) is 0 Å². The molecule has 4 heteroatoms. The molecule has 0 aliphatic rings. The van der Waals surface area contributed by atoms with Gasteiger partial charge in [-0.25, -0.2) is 0 Å². The third-order valence-electron chi connectivity index (χ3n) is 3.48. The Hall–Kier alpha value is -2.49. The Labute approximate surface area is 117 Å². The van der Waals surface area contributed by atoms with Crippen LogP contribution in [-0.2, 0) is 6.54 Å². The Bertz CT molecular complexity index is 744. The van der Waals surface area contributed by atoms with Crippen LogP contribution in [0.3, 0.4) is 0 Å². The summed E-state index contributed by atoms with van der Waals surface area (Å²) in [7, 11) is 1.67. The third kappa shape index (κ3) is 2.09. The number of methoxy groups -OCH3 is 1. The molecule has 0 amide bonds. The molecule has 4 nitrogen and oxygen atoms in total. The van der Waals surface area contributed by atoms with Gasteiger partial charge in [-0.3, -0.25) is 4.68 Å². The molecular formula is C16H17N3O. The molecule has 0 bridgehead atoms. The van der Waals surface area contributed by atoms with Gasteiger partial charge in [0.15, 0.2) is 0 Å². The first-order valence-electron chi connectivity index (χ1n) is 6.53. The molecule has 0 saturated heterocycles. The Morgan fingerprint density at radius 2 is 1.90 bits per heavy atom. The summed E-state index contributed by atoms with van der Waals surface area (Å²) >= 11 is 0. The highest BCUT2D eigenvalue weighted by molar-refractivity contribution is 5.92. The number of benzene rings is 2. The van der Waals surface area contributed by atoms with Crippen LogP contribution in [-0.4, -0.2) is 16.9 Å². The lowest BCUT2D eigenvalue weighted by atomic mass is 10.2. The highest BCUT2D eigenvalue weighted by Gasteiger charge is 2.09. The molecular weight excluding hydrogens is 250 g/mol. The number of nitrogen functional groups attached to an aromatic ring is 1. The lowest BCUT2D eigenvalue weighted by molar-refractivity contribution is 0.414. The molecule has 0 atom stereocenters. The van der Waals surface area contributed by atoms with Crippen LogP contribution in [0, 0.1) is 6.92 Å². The number of anilines is 1. The molecule has 0 radical (unpaired) electrons. The highest BCUT2D eigenvalue weighted by Crippen LogP contribution is 2.25. The molecule has 3 aromatic rings. The number of aryl methyl sites for hydroxylation is 1. The van der Waals surface area contributed by atoms with E-state index >= 15 is 0 Å². The lowest BCUT2D eigenvalue weighted by Gasteiger charge is -2.05. The normalized spacial score (nSPS) is 10.9. The zero-order chi connectivity index (χ0) is 14.1. The van der Waals surface area contributed by atoms with Crippen molar-refractivity contribution in [2.45, 2.75) is 13.5 Å². The first-order valence-corrected chi connectivity index (χ1v) is 6.53. The van der Waals surface area contributed by atoms with E-state index in [1.807, 2.05) is 48.0 Å². The largest absolute Gasteiger partial charge is 0.497 e. The fraction of sp³-hybridized carbons (Fsp3) is 0.188. The van der Waals surface area contributed by atoms with E-state index in [2.05, 4.69) is 11.2 Å². The maximum Gasteiger partial charge on any atom is 0.118 e. The first-order chi connectivity index (χ1) is 9.69. The van der Waals surface area contributed by atoms with Crippen molar-refractivity contribution in [3.05, 3.63) is 53.7 Å². The maximum atomic E-state index is 6.03. The van der Waals surface area contributed by atoms with Crippen LogP contribution in [0.1, 0.15) is 11.3 Å². The molecule has 102 valence electrons. The number of rotatable bonds is 3. The molecule has 3 rings (SSSR count). The van der Waals surface area contributed by atoms with E-state index in [0.29, 0.717) is 0 Å². The van der Waals surface area contributed by atoms with E-state index in [1.54, 1.807) is 7.11 Å². The third-order valence-corrected chi connectivity index (χ3v) is 3.48. The number of nitrogens with zero attached hydrogens (tertiary/aromatic N) is 2. The molecule has 0 saturated carbocycles. The number of ether oxygens (including phenoxy) is 1. The van der Waals surface area contributed by atoms with E-state index in [4.69, 9.17) is 10.5 Å². The monoisotopic (exact) mass is 267 g/mol. The summed E-state index contributed by atoms with van der Waals surface area (Å²) in [6.07, 6.45) is 0. The summed E-state index contributed by atoms with van der Waals surface area (Å²) in [6, 6.07) is 13.9. The van der Waals surface area contributed by atoms with E-state index in [1.165, 1.54) is 5.56 Å². The van der Waals surface area contributed by atoms with Crippen molar-refractivity contribution in [3.63, 3.8) is 0 Å². The number of aromatic nitrogens is 2. The number of hydrogen-bond acceptors (Lipinski definition) is 3. The topological polar surface area (TPSA) is 53.1 Å². The second-order valence-corrected chi connectivity index (χ2v) is 4.83. The van der Waals surface area contributed by atoms with Gasteiger partial charge in [0.05, 0.1) is 24.9 Å². The first kappa shape index (κ1) is 12.5. The Morgan fingerprint density at radius 3 is 2.60 bits per heavy atom. The van der Waals surface area contributed by atoms with Crippen LogP contribution in [0.5, 0.6) is 5.75 Å². The zero-order valence-corrected chi connectivity index (χ0v) is 11.6. The summed E-state index contributed by atoms with van der Waals surface area (Å²) in [6.45, 7) is 2.71. The van der Waals surface area contributed by atoms with Crippen molar-refractivity contribution < 1.29 is 4.74 Å². The molecule has 0 unspecified atom stereocenters. The Kier molecular flexibility index (Phi) is 3.06. The standard InChI is InChI=1S/C16H17N3O/c1-11-16-14(17)4-3-5-15(16)19(18-11)10-12-6-8-13(20-2)9-7-12/h3-9H,10,17H2,1-2H3. The average Bonchev–Trinajstić information content (AvgIpc) is 2.77. The molecule has 0 aliphatic heterocycles. The summed E-state index contributed by atoms with van der Waals surface area (Å²) in [5.74, 6) is 0.861. The predicted molar refractivity (Wildman–Crippen MR) is 81.0 cm³/mol. The van der Waals surface area contributed by atoms with Gasteiger partial charge >= 0.3 is 0 Å². The second kappa shape index (κ2) is 4.89. The van der Waals surface area contributed by atoms with E-state index in [0.717, 1.165) is 34.6 Å². The Morgan fingerprint density at radius 1 is 1.15 bits per heavy atom. The van der Waals surface area contributed by atoms with Gasteiger partial charge < -0.3 is 10.5 Å². The maximum absolute atomic E-state index is 6.03. The smallest absolute Gasteiger partial charge is 0.118 e. The average molecular weight is 267 g/mol. The van der Waals surface area contributed by atoms with Gasteiger partial charge in [0.1, 0.15) is 5.75 Å². The van der Waals surface area contributed by atoms with E-state index in [-0.39, 0.29) is 0 Å². The van der Waals surface area contributed by atoms with Crippen molar-refractivity contribution in [1.29, 1.82) is 0 Å². The van der Waals surface area contributed by atoms with Gasteiger partial charge in [0, 0.05) is 11.1 Å². The van der Waals surface area contributed by atoms with Crippen LogP contribution in [0.4, 0.5) is 5.69 Å². The summed E-state index contributed by atoms with van der Waals surface area (Å²) in [5, 5.41) is 5.64. The molecule has 1 aromatic heterocycles. The van der Waals surface area contributed by atoms with Gasteiger partial charge in [-0.05, 0) is 36.8 Å². The van der Waals surface area contributed by atoms with Crippen molar-refractivity contribution in [3.8, 4) is 5.75 Å². The molecule has 0 spiro atoms. The van der Waals surface area contributed by atoms with Crippen LogP contribution in [0.25, 0.3) is 10.9 Å². The van der Waals surface area contributed by atoms with Crippen molar-refractivity contribution >= 4 is 16.6 Å². The molecule has 2 aromatic carbocycles. The fourth-order valence-electron chi connectivity index (χ4n) is 2.48. The number of fused-ring (bicyclic) bond motifs is 1. The minimum absolute atomic E-state index is 0.720. The van der Waals surface area contributed by atoms with Crippen LogP contribution in [0.2, 0.25) is 0 Å². The van der Waals surface area contributed by atoms with Crippen molar-refractivity contribution in [1.82, 2.24) is 9.78 Å². The van der Waals surface area contributed by atoms with E-state index in [9.17, 15) is 0 Å². The molecule has 0 fully saturated rings. The molecule has 1 heterocycles. The minimum Gasteiger partial charge on any atom is -0.497 e. The summed E-state index contributed by atoms with van der Waals surface area (Å²) in [4.78, 5) is 0. The minimum atomic E-state index is 0.720. The highest BCUT2D eigenvalue weighted by atomic mass is 16.5. The predicted octanol–water partition coefficient (Wildman–Crippen LogP) is 2.98. The van der Waals surface area contributed by atoms with Crippen LogP contribution < -0.4 is 10.5 Å². The molecule has 2 N–H and O–H groups in total. The van der Waals surface area contributed by atoms with Crippen LogP contribution in [0.15, 0.2) is 42.5 Å². The molecule has 20 heavy (non-hydrogen) atoms. The van der Waals surface area contributed by atoms with E-state index < -0.39 is 0 Å². The summed E-state index contributed by atoms with van der Waals surface area (Å²) in [5.41, 5.74) is 10.0. The zero-order valence-electron chi connectivity index (χ0n) is 11.6. The van der Waals surface area contributed by atoms with Crippen LogP contribution >= 0.6 is 0 Å². The fourth-order valence-corrected chi connectivity index (χ4v) is 2.48. The van der Waals surface area contributed by atoms with Gasteiger partial charge in [-0.1, -0.05) is 18.2 Å². The SMILES string of the molecule is COc1ccc(Cn2nc(C)c3c(N)cccc32)cc1. The number of hydrogen-bond donors (Lipinski definition) is 1. The number of nitrogens with two attached hydrogens (primary N) is 1. The van der Waals surface area contributed by atoms with Gasteiger partial charge in [-0.15, -0.1) is 0 Å². The van der Waals surface area contributed by atoms with Gasteiger partial charge in [-0.2, -0.15) is 5.10 Å². The summed E-state index contributed by atoms with van der Waals surface area (Å²) < 4.78 is 7.16.